The minimum Gasteiger partial charge on any atom is -0.389 e. The van der Waals surface area contributed by atoms with Crippen molar-refractivity contribution in [3.63, 3.8) is 0 Å². The molecule has 1 amide bonds. The van der Waals surface area contributed by atoms with Gasteiger partial charge in [-0.05, 0) is 39.5 Å². The molecule has 0 aromatic carbocycles. The monoisotopic (exact) mass is 316 g/mol. The number of hydrogen-bond donors (Lipinski definition) is 0. The van der Waals surface area contributed by atoms with Crippen LogP contribution in [0.5, 0.6) is 0 Å². The molecule has 124 valence electrons. The fourth-order valence-corrected chi connectivity index (χ4v) is 3.94. The number of oxime groups is 1. The molecule has 1 saturated heterocycles. The second kappa shape index (κ2) is 4.82. The minimum atomic E-state index is -0.161. The minimum absolute atomic E-state index is 0.0558. The van der Waals surface area contributed by atoms with E-state index in [-0.39, 0.29) is 11.5 Å². The Morgan fingerprint density at radius 1 is 1.35 bits per heavy atom. The molecule has 4 rings (SSSR count). The summed E-state index contributed by atoms with van der Waals surface area (Å²) in [5.41, 5.74) is 1.59. The number of imidazole rings is 1. The van der Waals surface area contributed by atoms with E-state index in [9.17, 15) is 4.79 Å². The van der Waals surface area contributed by atoms with Crippen LogP contribution in [0.2, 0.25) is 0 Å². The van der Waals surface area contributed by atoms with E-state index in [4.69, 9.17) is 4.84 Å². The van der Waals surface area contributed by atoms with E-state index >= 15 is 0 Å². The van der Waals surface area contributed by atoms with Crippen molar-refractivity contribution >= 4 is 11.6 Å². The zero-order chi connectivity index (χ0) is 16.4. The Morgan fingerprint density at radius 2 is 2.04 bits per heavy atom. The summed E-state index contributed by atoms with van der Waals surface area (Å²) in [6.45, 7) is 9.95. The Kier molecular flexibility index (Phi) is 3.09. The zero-order valence-electron chi connectivity index (χ0n) is 14.2. The summed E-state index contributed by atoms with van der Waals surface area (Å²) in [4.78, 5) is 24.3. The van der Waals surface area contributed by atoms with Crippen LogP contribution in [0.15, 0.2) is 17.7 Å². The molecule has 2 aliphatic heterocycles. The van der Waals surface area contributed by atoms with Gasteiger partial charge in [0.15, 0.2) is 0 Å². The molecule has 1 aliphatic carbocycles. The lowest BCUT2D eigenvalue weighted by Gasteiger charge is -2.19. The number of carbonyl (C=O) groups excluding carboxylic acids is 1. The van der Waals surface area contributed by atoms with Crippen LogP contribution < -0.4 is 0 Å². The molecule has 3 atom stereocenters. The molecule has 2 fully saturated rings. The molecule has 0 N–H and O–H groups in total. The summed E-state index contributed by atoms with van der Waals surface area (Å²) in [5.74, 6) is 1.69. The summed E-state index contributed by atoms with van der Waals surface area (Å²) in [6.07, 6.45) is 4.51. The van der Waals surface area contributed by atoms with Gasteiger partial charge in [0.2, 0.25) is 0 Å². The number of fused-ring (bicyclic) bond motifs is 1. The van der Waals surface area contributed by atoms with Crippen molar-refractivity contribution in [3.05, 3.63) is 18.2 Å². The first-order chi connectivity index (χ1) is 10.9. The van der Waals surface area contributed by atoms with Gasteiger partial charge in [-0.2, -0.15) is 0 Å². The molecular formula is C17H24N4O2. The van der Waals surface area contributed by atoms with Gasteiger partial charge in [0.25, 0.3) is 5.91 Å². The van der Waals surface area contributed by atoms with Crippen LogP contribution in [0, 0.1) is 17.8 Å². The molecule has 6 nitrogen and oxygen atoms in total. The predicted molar refractivity (Wildman–Crippen MR) is 86.2 cm³/mol. The van der Waals surface area contributed by atoms with Gasteiger partial charge in [0, 0.05) is 37.7 Å². The second-order valence-electron chi connectivity index (χ2n) is 7.97. The molecule has 6 heteroatoms. The number of nitrogens with zero attached hydrogens (tertiary/aromatic N) is 4. The third-order valence-electron chi connectivity index (χ3n) is 5.30. The summed E-state index contributed by atoms with van der Waals surface area (Å²) in [7, 11) is 0. The SMILES string of the molecule is CC(C)n1cnc(C(=O)N2C[C@@H]3C(C4=NOC(C)(C)C4)[C@@H]3C2)c1. The number of amides is 1. The number of likely N-dealkylation sites (tertiary alicyclic amines) is 1. The lowest BCUT2D eigenvalue weighted by Crippen LogP contribution is -2.33. The highest BCUT2D eigenvalue weighted by molar-refractivity contribution is 5.94. The molecule has 0 spiro atoms. The van der Waals surface area contributed by atoms with Gasteiger partial charge in [0.1, 0.15) is 11.3 Å². The Balaban J connectivity index is 1.37. The van der Waals surface area contributed by atoms with Crippen LogP contribution in [-0.2, 0) is 4.84 Å². The first kappa shape index (κ1) is 14.7. The van der Waals surface area contributed by atoms with Gasteiger partial charge in [0.05, 0.1) is 12.0 Å². The van der Waals surface area contributed by atoms with E-state index in [1.807, 2.05) is 15.7 Å². The van der Waals surface area contributed by atoms with Crippen molar-refractivity contribution in [2.45, 2.75) is 45.8 Å². The summed E-state index contributed by atoms with van der Waals surface area (Å²) in [5, 5.41) is 4.28. The van der Waals surface area contributed by atoms with Crippen LogP contribution in [0.3, 0.4) is 0 Å². The number of rotatable bonds is 3. The fraction of sp³-hybridized carbons (Fsp3) is 0.706. The molecule has 0 radical (unpaired) electrons. The average Bonchev–Trinajstić information content (AvgIpc) is 2.96. The van der Waals surface area contributed by atoms with E-state index in [1.54, 1.807) is 6.33 Å². The third kappa shape index (κ3) is 2.44. The van der Waals surface area contributed by atoms with Crippen LogP contribution in [0.25, 0.3) is 0 Å². The maximum atomic E-state index is 12.6. The summed E-state index contributed by atoms with van der Waals surface area (Å²) < 4.78 is 1.97. The summed E-state index contributed by atoms with van der Waals surface area (Å²) in [6, 6.07) is 0.323. The zero-order valence-corrected chi connectivity index (χ0v) is 14.2. The van der Waals surface area contributed by atoms with E-state index in [1.165, 1.54) is 5.71 Å². The van der Waals surface area contributed by atoms with E-state index in [0.29, 0.717) is 29.5 Å². The maximum Gasteiger partial charge on any atom is 0.274 e. The quantitative estimate of drug-likeness (QED) is 0.860. The predicted octanol–water partition coefficient (Wildman–Crippen LogP) is 2.34. The fourth-order valence-electron chi connectivity index (χ4n) is 3.94. The Hall–Kier alpha value is -1.85. The highest BCUT2D eigenvalue weighted by Crippen LogP contribution is 2.54. The standard InChI is InChI=1S/C17H24N4O2/c1-10(2)21-8-14(18-9-21)16(22)20-6-11-12(7-20)15(11)13-5-17(3,4)23-19-13/h8-12,15H,5-7H2,1-4H3/t11-,12+,15?. The highest BCUT2D eigenvalue weighted by atomic mass is 16.7. The largest absolute Gasteiger partial charge is 0.389 e. The van der Waals surface area contributed by atoms with Crippen LogP contribution >= 0.6 is 0 Å². The molecule has 3 aliphatic rings. The highest BCUT2D eigenvalue weighted by Gasteiger charge is 2.60. The smallest absolute Gasteiger partial charge is 0.274 e. The van der Waals surface area contributed by atoms with Crippen molar-refractivity contribution in [2.24, 2.45) is 22.9 Å². The lowest BCUT2D eigenvalue weighted by molar-refractivity contribution is 0.0123. The molecule has 1 saturated carbocycles. The van der Waals surface area contributed by atoms with Crippen molar-refractivity contribution in [2.75, 3.05) is 13.1 Å². The Bertz CT molecular complexity index is 664. The normalized spacial score (nSPS) is 31.1. The first-order valence-corrected chi connectivity index (χ1v) is 8.43. The van der Waals surface area contributed by atoms with Crippen molar-refractivity contribution in [3.8, 4) is 0 Å². The van der Waals surface area contributed by atoms with Gasteiger partial charge >= 0.3 is 0 Å². The average molecular weight is 316 g/mol. The molecule has 1 unspecified atom stereocenters. The number of carbonyl (C=O) groups is 1. The van der Waals surface area contributed by atoms with Gasteiger partial charge in [-0.1, -0.05) is 5.16 Å². The topological polar surface area (TPSA) is 59.7 Å². The summed E-state index contributed by atoms with van der Waals surface area (Å²) >= 11 is 0. The van der Waals surface area contributed by atoms with Crippen LogP contribution in [-0.4, -0.2) is 44.8 Å². The van der Waals surface area contributed by atoms with E-state index in [0.717, 1.165) is 19.5 Å². The molecular weight excluding hydrogens is 292 g/mol. The van der Waals surface area contributed by atoms with Crippen LogP contribution in [0.1, 0.15) is 50.6 Å². The van der Waals surface area contributed by atoms with Gasteiger partial charge in [-0.25, -0.2) is 4.98 Å². The first-order valence-electron chi connectivity index (χ1n) is 8.43. The Labute approximate surface area is 136 Å². The van der Waals surface area contributed by atoms with Gasteiger partial charge in [-0.15, -0.1) is 0 Å². The molecule has 1 aromatic heterocycles. The lowest BCUT2D eigenvalue weighted by atomic mass is 9.98. The molecule has 1 aromatic rings. The van der Waals surface area contributed by atoms with Crippen molar-refractivity contribution in [1.29, 1.82) is 0 Å². The van der Waals surface area contributed by atoms with Crippen LogP contribution in [0.4, 0.5) is 0 Å². The molecule has 23 heavy (non-hydrogen) atoms. The third-order valence-corrected chi connectivity index (χ3v) is 5.30. The Morgan fingerprint density at radius 3 is 2.57 bits per heavy atom. The van der Waals surface area contributed by atoms with Gasteiger partial charge in [-0.3, -0.25) is 4.79 Å². The number of piperidine rings is 1. The molecule has 0 bridgehead atoms. The number of hydrogen-bond acceptors (Lipinski definition) is 4. The second-order valence-corrected chi connectivity index (χ2v) is 7.97. The van der Waals surface area contributed by atoms with Crippen molar-refractivity contribution in [1.82, 2.24) is 14.5 Å². The van der Waals surface area contributed by atoms with E-state index in [2.05, 4.69) is 37.8 Å². The maximum absolute atomic E-state index is 12.6. The van der Waals surface area contributed by atoms with Gasteiger partial charge < -0.3 is 14.3 Å². The van der Waals surface area contributed by atoms with Crippen molar-refractivity contribution < 1.29 is 9.63 Å². The van der Waals surface area contributed by atoms with E-state index < -0.39 is 0 Å². The number of aromatic nitrogens is 2. The molecule has 3 heterocycles.